The molecule has 1 N–H and O–H groups in total. The molecule has 3 nitrogen and oxygen atoms in total. The van der Waals surface area contributed by atoms with Crippen LogP contribution >= 0.6 is 11.3 Å². The zero-order valence-electron chi connectivity index (χ0n) is 11.4. The van der Waals surface area contributed by atoms with Crippen LogP contribution < -0.4 is 5.32 Å². The van der Waals surface area contributed by atoms with E-state index in [9.17, 15) is 4.79 Å². The molecule has 0 radical (unpaired) electrons. The molecule has 0 atom stereocenters. The van der Waals surface area contributed by atoms with Gasteiger partial charge in [-0.05, 0) is 49.1 Å². The average Bonchev–Trinajstić information content (AvgIpc) is 3.09. The third-order valence-corrected chi connectivity index (χ3v) is 5.61. The Morgan fingerprint density at radius 1 is 1.37 bits per heavy atom. The van der Waals surface area contributed by atoms with Gasteiger partial charge in [0.1, 0.15) is 0 Å². The van der Waals surface area contributed by atoms with Gasteiger partial charge >= 0.3 is 0 Å². The number of nitrogens with zero attached hydrogens (tertiary/aromatic N) is 1. The normalized spacial score (nSPS) is 22.0. The van der Waals surface area contributed by atoms with Crippen LogP contribution in [0.25, 0.3) is 0 Å². The van der Waals surface area contributed by atoms with Crippen molar-refractivity contribution in [3.63, 3.8) is 0 Å². The molecular formula is C15H22N2OS. The van der Waals surface area contributed by atoms with E-state index in [4.69, 9.17) is 0 Å². The fraction of sp³-hybridized carbons (Fsp3) is 0.667. The van der Waals surface area contributed by atoms with Crippen LogP contribution in [-0.2, 0) is 11.2 Å². The summed E-state index contributed by atoms with van der Waals surface area (Å²) in [5.74, 6) is 0.342. The Kier molecular flexibility index (Phi) is 3.89. The van der Waals surface area contributed by atoms with E-state index in [0.29, 0.717) is 17.7 Å². The van der Waals surface area contributed by atoms with E-state index in [0.717, 1.165) is 32.6 Å². The van der Waals surface area contributed by atoms with Crippen molar-refractivity contribution in [2.45, 2.75) is 32.1 Å². The van der Waals surface area contributed by atoms with E-state index < -0.39 is 0 Å². The Balaban J connectivity index is 1.46. The number of piperidine rings is 1. The first-order chi connectivity index (χ1) is 9.27. The molecule has 1 spiro atoms. The maximum absolute atomic E-state index is 12.2. The second-order valence-electron chi connectivity index (χ2n) is 5.89. The van der Waals surface area contributed by atoms with Crippen LogP contribution in [0.3, 0.4) is 0 Å². The van der Waals surface area contributed by atoms with Crippen molar-refractivity contribution < 1.29 is 4.79 Å². The van der Waals surface area contributed by atoms with E-state index in [-0.39, 0.29) is 0 Å². The lowest BCUT2D eigenvalue weighted by Gasteiger charge is -2.39. The summed E-state index contributed by atoms with van der Waals surface area (Å²) in [6, 6.07) is 4.18. The van der Waals surface area contributed by atoms with Crippen molar-refractivity contribution in [1.29, 1.82) is 0 Å². The van der Waals surface area contributed by atoms with Crippen LogP contribution in [0.2, 0.25) is 0 Å². The van der Waals surface area contributed by atoms with Crippen LogP contribution in [0.15, 0.2) is 17.5 Å². The largest absolute Gasteiger partial charge is 0.343 e. The van der Waals surface area contributed by atoms with E-state index in [1.165, 1.54) is 24.1 Å². The van der Waals surface area contributed by atoms with Gasteiger partial charge in [0.25, 0.3) is 0 Å². The van der Waals surface area contributed by atoms with Crippen molar-refractivity contribution in [3.8, 4) is 0 Å². The Morgan fingerprint density at radius 2 is 2.21 bits per heavy atom. The van der Waals surface area contributed by atoms with Gasteiger partial charge in [0.05, 0.1) is 0 Å². The molecule has 0 unspecified atom stereocenters. The molecule has 4 heteroatoms. The van der Waals surface area contributed by atoms with Crippen LogP contribution in [0.1, 0.15) is 30.6 Å². The summed E-state index contributed by atoms with van der Waals surface area (Å²) in [6.07, 6.45) is 5.24. The van der Waals surface area contributed by atoms with Gasteiger partial charge in [0.15, 0.2) is 0 Å². The highest BCUT2D eigenvalue weighted by Gasteiger charge is 2.37. The molecule has 2 saturated heterocycles. The van der Waals surface area contributed by atoms with Crippen LogP contribution in [0.4, 0.5) is 0 Å². The number of carbonyl (C=O) groups is 1. The molecule has 0 aliphatic carbocycles. The number of aryl methyl sites for hydroxylation is 1. The van der Waals surface area contributed by atoms with Crippen LogP contribution in [-0.4, -0.2) is 37.0 Å². The SMILES string of the molecule is O=C(CCc1cccs1)N1CCC2(CCNC2)CC1. The first-order valence-corrected chi connectivity index (χ1v) is 8.16. The number of likely N-dealkylation sites (tertiary alicyclic amines) is 1. The average molecular weight is 278 g/mol. The molecule has 2 aliphatic rings. The zero-order chi connectivity index (χ0) is 13.1. The van der Waals surface area contributed by atoms with Crippen molar-refractivity contribution in [2.24, 2.45) is 5.41 Å². The highest BCUT2D eigenvalue weighted by molar-refractivity contribution is 7.09. The number of rotatable bonds is 3. The van der Waals surface area contributed by atoms with Crippen molar-refractivity contribution in [3.05, 3.63) is 22.4 Å². The third-order valence-electron chi connectivity index (χ3n) is 4.67. The second kappa shape index (κ2) is 5.63. The predicted octanol–water partition coefficient (Wildman–Crippen LogP) is 2.28. The smallest absolute Gasteiger partial charge is 0.222 e. The van der Waals surface area contributed by atoms with Crippen molar-refractivity contribution in [1.82, 2.24) is 10.2 Å². The molecule has 0 saturated carbocycles. The number of amides is 1. The maximum Gasteiger partial charge on any atom is 0.222 e. The number of thiophene rings is 1. The van der Waals surface area contributed by atoms with Crippen molar-refractivity contribution in [2.75, 3.05) is 26.2 Å². The summed E-state index contributed by atoms with van der Waals surface area (Å²) in [5, 5.41) is 5.55. The number of carbonyl (C=O) groups excluding carboxylic acids is 1. The summed E-state index contributed by atoms with van der Waals surface area (Å²) >= 11 is 1.75. The Hall–Kier alpha value is -0.870. The summed E-state index contributed by atoms with van der Waals surface area (Å²) in [4.78, 5) is 15.6. The molecule has 2 fully saturated rings. The summed E-state index contributed by atoms with van der Waals surface area (Å²) < 4.78 is 0. The topological polar surface area (TPSA) is 32.3 Å². The predicted molar refractivity (Wildman–Crippen MR) is 78.4 cm³/mol. The lowest BCUT2D eigenvalue weighted by Crippen LogP contribution is -2.44. The summed E-state index contributed by atoms with van der Waals surface area (Å²) in [6.45, 7) is 4.24. The number of hydrogen-bond acceptors (Lipinski definition) is 3. The minimum Gasteiger partial charge on any atom is -0.343 e. The first-order valence-electron chi connectivity index (χ1n) is 7.28. The van der Waals surface area contributed by atoms with Gasteiger partial charge in [-0.15, -0.1) is 11.3 Å². The molecule has 0 aromatic carbocycles. The van der Waals surface area contributed by atoms with Crippen LogP contribution in [0, 0.1) is 5.41 Å². The lowest BCUT2D eigenvalue weighted by molar-refractivity contribution is -0.133. The lowest BCUT2D eigenvalue weighted by atomic mass is 9.78. The molecular weight excluding hydrogens is 256 g/mol. The Bertz CT molecular complexity index is 413. The van der Waals surface area contributed by atoms with Gasteiger partial charge in [-0.1, -0.05) is 6.07 Å². The number of hydrogen-bond donors (Lipinski definition) is 1. The molecule has 1 amide bonds. The molecule has 3 heterocycles. The van der Waals surface area contributed by atoms with E-state index in [1.807, 2.05) is 0 Å². The van der Waals surface area contributed by atoms with Gasteiger partial charge in [0, 0.05) is 30.9 Å². The molecule has 1 aromatic rings. The second-order valence-corrected chi connectivity index (χ2v) is 6.92. The van der Waals surface area contributed by atoms with Gasteiger partial charge in [-0.2, -0.15) is 0 Å². The van der Waals surface area contributed by atoms with Gasteiger partial charge < -0.3 is 10.2 Å². The monoisotopic (exact) mass is 278 g/mol. The van der Waals surface area contributed by atoms with E-state index in [2.05, 4.69) is 27.7 Å². The van der Waals surface area contributed by atoms with E-state index in [1.54, 1.807) is 11.3 Å². The number of nitrogens with one attached hydrogen (secondary N) is 1. The molecule has 104 valence electrons. The Morgan fingerprint density at radius 3 is 2.84 bits per heavy atom. The standard InChI is InChI=1S/C15H22N2OS/c18-14(4-3-13-2-1-11-19-13)17-9-6-15(7-10-17)5-8-16-12-15/h1-2,11,16H,3-10,12H2. The van der Waals surface area contributed by atoms with Crippen molar-refractivity contribution >= 4 is 17.2 Å². The highest BCUT2D eigenvalue weighted by Crippen LogP contribution is 2.37. The van der Waals surface area contributed by atoms with Gasteiger partial charge in [0.2, 0.25) is 5.91 Å². The first kappa shape index (κ1) is 13.1. The van der Waals surface area contributed by atoms with Gasteiger partial charge in [-0.3, -0.25) is 4.79 Å². The molecule has 19 heavy (non-hydrogen) atoms. The molecule has 2 aliphatic heterocycles. The zero-order valence-corrected chi connectivity index (χ0v) is 12.2. The fourth-order valence-electron chi connectivity index (χ4n) is 3.30. The highest BCUT2D eigenvalue weighted by atomic mass is 32.1. The Labute approximate surface area is 119 Å². The quantitative estimate of drug-likeness (QED) is 0.920. The maximum atomic E-state index is 12.2. The summed E-state index contributed by atoms with van der Waals surface area (Å²) in [7, 11) is 0. The third kappa shape index (κ3) is 3.00. The van der Waals surface area contributed by atoms with Crippen LogP contribution in [0.5, 0.6) is 0 Å². The molecule has 3 rings (SSSR count). The fourth-order valence-corrected chi connectivity index (χ4v) is 4.00. The minimum atomic E-state index is 0.342. The van der Waals surface area contributed by atoms with E-state index >= 15 is 0 Å². The summed E-state index contributed by atoms with van der Waals surface area (Å²) in [5.41, 5.74) is 0.504. The minimum absolute atomic E-state index is 0.342. The van der Waals surface area contributed by atoms with Gasteiger partial charge in [-0.25, -0.2) is 0 Å². The molecule has 0 bridgehead atoms. The molecule has 1 aromatic heterocycles.